The molecule has 3 N–H and O–H groups in total. The average molecular weight is 439 g/mol. The summed E-state index contributed by atoms with van der Waals surface area (Å²) in [5.41, 5.74) is 5.66. The zero-order valence-corrected chi connectivity index (χ0v) is 18.7. The molecule has 1 aliphatic carbocycles. The SMILES string of the molecule is CNCC1Cc2ccc(CCCn3cc(S(N)(=O)=O)cn3)cc2C1Cc1ccccc1. The summed E-state index contributed by atoms with van der Waals surface area (Å²) in [4.78, 5) is 0.0596. The van der Waals surface area contributed by atoms with E-state index in [1.54, 1.807) is 4.68 Å². The molecule has 0 fully saturated rings. The van der Waals surface area contributed by atoms with Crippen molar-refractivity contribution in [3.63, 3.8) is 0 Å². The molecule has 1 heterocycles. The lowest BCUT2D eigenvalue weighted by Gasteiger charge is -2.21. The number of hydrogen-bond acceptors (Lipinski definition) is 4. The molecule has 1 aromatic heterocycles. The molecule has 0 spiro atoms. The average Bonchev–Trinajstić information content (AvgIpc) is 3.35. The molecule has 0 aliphatic heterocycles. The Kier molecular flexibility index (Phi) is 6.55. The van der Waals surface area contributed by atoms with Crippen molar-refractivity contribution >= 4 is 10.0 Å². The Morgan fingerprint density at radius 1 is 1.16 bits per heavy atom. The van der Waals surface area contributed by atoms with Crippen LogP contribution in [0.25, 0.3) is 0 Å². The van der Waals surface area contributed by atoms with E-state index in [0.717, 1.165) is 32.2 Å². The van der Waals surface area contributed by atoms with Gasteiger partial charge in [-0.15, -0.1) is 0 Å². The van der Waals surface area contributed by atoms with Gasteiger partial charge in [-0.25, -0.2) is 13.6 Å². The lowest BCUT2D eigenvalue weighted by Crippen LogP contribution is -2.23. The van der Waals surface area contributed by atoms with Gasteiger partial charge in [-0.2, -0.15) is 5.10 Å². The van der Waals surface area contributed by atoms with Gasteiger partial charge >= 0.3 is 0 Å². The minimum absolute atomic E-state index is 0.0596. The Bertz CT molecular complexity index is 1130. The van der Waals surface area contributed by atoms with Gasteiger partial charge in [-0.3, -0.25) is 4.68 Å². The summed E-state index contributed by atoms with van der Waals surface area (Å²) >= 11 is 0. The number of sulfonamides is 1. The molecule has 1 aliphatic rings. The van der Waals surface area contributed by atoms with E-state index in [0.29, 0.717) is 18.4 Å². The van der Waals surface area contributed by atoms with Crippen molar-refractivity contribution in [1.29, 1.82) is 0 Å². The normalized spacial score (nSPS) is 18.3. The van der Waals surface area contributed by atoms with Gasteiger partial charge in [0, 0.05) is 12.7 Å². The predicted molar refractivity (Wildman–Crippen MR) is 122 cm³/mol. The largest absolute Gasteiger partial charge is 0.319 e. The van der Waals surface area contributed by atoms with E-state index < -0.39 is 10.0 Å². The number of nitrogens with one attached hydrogen (secondary N) is 1. The van der Waals surface area contributed by atoms with Gasteiger partial charge in [-0.1, -0.05) is 48.5 Å². The third-order valence-corrected chi connectivity index (χ3v) is 7.08. The Balaban J connectivity index is 1.45. The second-order valence-corrected chi connectivity index (χ2v) is 10.0. The van der Waals surface area contributed by atoms with E-state index in [4.69, 9.17) is 5.14 Å². The van der Waals surface area contributed by atoms with Gasteiger partial charge in [0.25, 0.3) is 0 Å². The molecular weight excluding hydrogens is 408 g/mol. The molecule has 3 aromatic rings. The molecule has 4 rings (SSSR count). The molecule has 0 saturated heterocycles. The van der Waals surface area contributed by atoms with Crippen LogP contribution in [-0.4, -0.2) is 31.8 Å². The van der Waals surface area contributed by atoms with Gasteiger partial charge in [-0.05, 0) is 73.4 Å². The first-order valence-electron chi connectivity index (χ1n) is 10.8. The van der Waals surface area contributed by atoms with Crippen LogP contribution in [0.1, 0.15) is 34.6 Å². The summed E-state index contributed by atoms with van der Waals surface area (Å²) < 4.78 is 24.5. The number of aryl methyl sites for hydroxylation is 2. The second-order valence-electron chi connectivity index (χ2n) is 8.44. The van der Waals surface area contributed by atoms with Crippen molar-refractivity contribution < 1.29 is 8.42 Å². The highest BCUT2D eigenvalue weighted by atomic mass is 32.2. The first kappa shape index (κ1) is 21.7. The molecule has 2 aromatic carbocycles. The number of nitrogens with zero attached hydrogens (tertiary/aromatic N) is 2. The number of hydrogen-bond donors (Lipinski definition) is 2. The highest BCUT2D eigenvalue weighted by Crippen LogP contribution is 2.40. The van der Waals surface area contributed by atoms with Crippen LogP contribution in [0.15, 0.2) is 65.8 Å². The van der Waals surface area contributed by atoms with Gasteiger partial charge in [0.1, 0.15) is 4.90 Å². The van der Waals surface area contributed by atoms with E-state index in [1.807, 2.05) is 7.05 Å². The van der Waals surface area contributed by atoms with Crippen LogP contribution in [0.5, 0.6) is 0 Å². The van der Waals surface area contributed by atoms with Crippen LogP contribution >= 0.6 is 0 Å². The third kappa shape index (κ3) is 5.23. The monoisotopic (exact) mass is 438 g/mol. The molecule has 2 unspecified atom stereocenters. The van der Waals surface area contributed by atoms with Crippen LogP contribution in [0.4, 0.5) is 0 Å². The van der Waals surface area contributed by atoms with Crippen molar-refractivity contribution in [2.24, 2.45) is 11.1 Å². The number of primary sulfonamides is 1. The summed E-state index contributed by atoms with van der Waals surface area (Å²) in [6, 6.07) is 17.7. The predicted octanol–water partition coefficient (Wildman–Crippen LogP) is 2.88. The summed E-state index contributed by atoms with van der Waals surface area (Å²) in [5, 5.41) is 12.6. The van der Waals surface area contributed by atoms with Crippen molar-refractivity contribution in [2.75, 3.05) is 13.6 Å². The molecule has 0 saturated carbocycles. The maximum absolute atomic E-state index is 11.4. The van der Waals surface area contributed by atoms with E-state index in [2.05, 4.69) is 58.9 Å². The lowest BCUT2D eigenvalue weighted by molar-refractivity contribution is 0.436. The van der Waals surface area contributed by atoms with Crippen molar-refractivity contribution in [2.45, 2.75) is 43.0 Å². The summed E-state index contributed by atoms with van der Waals surface area (Å²) in [5.74, 6) is 1.13. The highest BCUT2D eigenvalue weighted by Gasteiger charge is 2.32. The topological polar surface area (TPSA) is 90.0 Å². The lowest BCUT2D eigenvalue weighted by atomic mass is 9.86. The van der Waals surface area contributed by atoms with Crippen LogP contribution in [0.3, 0.4) is 0 Å². The second kappa shape index (κ2) is 9.34. The van der Waals surface area contributed by atoms with Gasteiger partial charge in [0.2, 0.25) is 10.0 Å². The maximum atomic E-state index is 11.4. The minimum atomic E-state index is -3.70. The fourth-order valence-corrected chi connectivity index (χ4v) is 5.15. The first-order valence-corrected chi connectivity index (χ1v) is 12.3. The smallest absolute Gasteiger partial charge is 0.241 e. The Labute approximate surface area is 184 Å². The van der Waals surface area contributed by atoms with Crippen LogP contribution in [0.2, 0.25) is 0 Å². The minimum Gasteiger partial charge on any atom is -0.319 e. The number of fused-ring (bicyclic) bond motifs is 1. The number of benzene rings is 2. The van der Waals surface area contributed by atoms with Crippen molar-refractivity contribution in [1.82, 2.24) is 15.1 Å². The van der Waals surface area contributed by atoms with Gasteiger partial charge in [0.05, 0.1) is 6.20 Å². The molecule has 31 heavy (non-hydrogen) atoms. The Hall–Kier alpha value is -2.48. The fourth-order valence-electron chi connectivity index (χ4n) is 4.69. The summed E-state index contributed by atoms with van der Waals surface area (Å²) in [7, 11) is -1.66. The maximum Gasteiger partial charge on any atom is 0.241 e. The standard InChI is InChI=1S/C24H30N4O2S/c1-26-15-21-14-20-10-9-19(8-5-11-28-17-22(16-27-28)31(25,29)30)13-23(20)24(21)12-18-6-3-2-4-7-18/h2-4,6-7,9-10,13,16-17,21,24,26H,5,8,11-12,14-15H2,1H3,(H2,25,29,30). The Morgan fingerprint density at radius 2 is 1.97 bits per heavy atom. The molecule has 0 bridgehead atoms. The fraction of sp³-hybridized carbons (Fsp3) is 0.375. The molecule has 2 atom stereocenters. The van der Waals surface area contributed by atoms with Crippen LogP contribution in [-0.2, 0) is 35.8 Å². The number of nitrogens with two attached hydrogens (primary N) is 1. The summed E-state index contributed by atoms with van der Waals surface area (Å²) in [6.07, 6.45) is 6.79. The number of aromatic nitrogens is 2. The highest BCUT2D eigenvalue weighted by molar-refractivity contribution is 7.89. The van der Waals surface area contributed by atoms with Crippen LogP contribution in [0, 0.1) is 5.92 Å². The number of rotatable bonds is 9. The zero-order valence-electron chi connectivity index (χ0n) is 17.9. The van der Waals surface area contributed by atoms with Crippen molar-refractivity contribution in [3.8, 4) is 0 Å². The quantitative estimate of drug-likeness (QED) is 0.538. The van der Waals surface area contributed by atoms with E-state index in [1.165, 1.54) is 34.6 Å². The molecular formula is C24H30N4O2S. The van der Waals surface area contributed by atoms with E-state index in [-0.39, 0.29) is 4.90 Å². The van der Waals surface area contributed by atoms with Gasteiger partial charge in [0.15, 0.2) is 0 Å². The molecule has 164 valence electrons. The molecule has 7 heteroatoms. The van der Waals surface area contributed by atoms with E-state index in [9.17, 15) is 8.42 Å². The van der Waals surface area contributed by atoms with Gasteiger partial charge < -0.3 is 5.32 Å². The van der Waals surface area contributed by atoms with Crippen molar-refractivity contribution in [3.05, 3.63) is 83.2 Å². The molecule has 6 nitrogen and oxygen atoms in total. The van der Waals surface area contributed by atoms with E-state index >= 15 is 0 Å². The zero-order chi connectivity index (χ0) is 21.8. The molecule has 0 amide bonds. The third-order valence-electron chi connectivity index (χ3n) is 6.22. The van der Waals surface area contributed by atoms with Crippen LogP contribution < -0.4 is 10.5 Å². The first-order chi connectivity index (χ1) is 14.9. The summed E-state index contributed by atoms with van der Waals surface area (Å²) in [6.45, 7) is 1.68. The molecule has 0 radical (unpaired) electrons. The Morgan fingerprint density at radius 3 is 2.68 bits per heavy atom.